The molecule has 1 saturated carbocycles. The normalized spacial score (nSPS) is 24.6. The Bertz CT molecular complexity index is 337. The third-order valence-corrected chi connectivity index (χ3v) is 3.55. The summed E-state index contributed by atoms with van der Waals surface area (Å²) in [4.78, 5) is 4.25. The molecule has 0 saturated heterocycles. The van der Waals surface area contributed by atoms with Crippen LogP contribution >= 0.6 is 0 Å². The fourth-order valence-electron chi connectivity index (χ4n) is 2.53. The molecule has 1 heterocycles. The zero-order valence-electron chi connectivity index (χ0n) is 10.6. The van der Waals surface area contributed by atoms with Crippen molar-refractivity contribution >= 4 is 0 Å². The van der Waals surface area contributed by atoms with Gasteiger partial charge in [0, 0.05) is 18.8 Å². The van der Waals surface area contributed by atoms with Crippen molar-refractivity contribution in [3.05, 3.63) is 23.9 Å². The van der Waals surface area contributed by atoms with E-state index < -0.39 is 0 Å². The van der Waals surface area contributed by atoms with Crippen molar-refractivity contribution in [3.8, 4) is 5.88 Å². The first-order valence-corrected chi connectivity index (χ1v) is 6.55. The standard InChI is InChI=1S/C14H22N2O/c1-11-3-2-4-12(7-11)10-17-14-6-5-13(8-15)9-16-14/h5-6,9,11-12H,2-4,7-8,10,15H2,1H3. The molecule has 1 aliphatic carbocycles. The predicted octanol–water partition coefficient (Wildman–Crippen LogP) is 2.75. The van der Waals surface area contributed by atoms with Crippen molar-refractivity contribution in [2.75, 3.05) is 6.61 Å². The number of pyridine rings is 1. The van der Waals surface area contributed by atoms with Crippen LogP contribution in [0.2, 0.25) is 0 Å². The largest absolute Gasteiger partial charge is 0.477 e. The van der Waals surface area contributed by atoms with E-state index in [1.165, 1.54) is 25.7 Å². The molecular formula is C14H22N2O. The lowest BCUT2D eigenvalue weighted by atomic mass is 9.83. The van der Waals surface area contributed by atoms with Gasteiger partial charge in [-0.25, -0.2) is 4.98 Å². The van der Waals surface area contributed by atoms with Gasteiger partial charge >= 0.3 is 0 Å². The minimum Gasteiger partial charge on any atom is -0.477 e. The molecule has 2 unspecified atom stereocenters. The van der Waals surface area contributed by atoms with Crippen LogP contribution in [0.5, 0.6) is 5.88 Å². The lowest BCUT2D eigenvalue weighted by Gasteiger charge is -2.26. The monoisotopic (exact) mass is 234 g/mol. The molecule has 0 radical (unpaired) electrons. The molecule has 1 aromatic rings. The fraction of sp³-hybridized carbons (Fsp3) is 0.643. The Morgan fingerprint density at radius 3 is 2.94 bits per heavy atom. The zero-order chi connectivity index (χ0) is 12.1. The van der Waals surface area contributed by atoms with Gasteiger partial charge in [-0.2, -0.15) is 0 Å². The minimum absolute atomic E-state index is 0.535. The van der Waals surface area contributed by atoms with Crippen molar-refractivity contribution in [2.45, 2.75) is 39.2 Å². The van der Waals surface area contributed by atoms with E-state index in [0.717, 1.165) is 24.0 Å². The molecule has 3 nitrogen and oxygen atoms in total. The van der Waals surface area contributed by atoms with Crippen LogP contribution in [0.1, 0.15) is 38.2 Å². The SMILES string of the molecule is CC1CCCC(COc2ccc(CN)cn2)C1. The summed E-state index contributed by atoms with van der Waals surface area (Å²) >= 11 is 0. The molecule has 2 N–H and O–H groups in total. The molecule has 1 aliphatic rings. The summed E-state index contributed by atoms with van der Waals surface area (Å²) in [6, 6.07) is 3.89. The van der Waals surface area contributed by atoms with Crippen LogP contribution in [0.3, 0.4) is 0 Å². The van der Waals surface area contributed by atoms with E-state index in [2.05, 4.69) is 11.9 Å². The smallest absolute Gasteiger partial charge is 0.213 e. The topological polar surface area (TPSA) is 48.1 Å². The molecule has 1 fully saturated rings. The summed E-state index contributed by atoms with van der Waals surface area (Å²) < 4.78 is 5.74. The Morgan fingerprint density at radius 2 is 2.29 bits per heavy atom. The Hall–Kier alpha value is -1.09. The van der Waals surface area contributed by atoms with Crippen LogP contribution in [0.25, 0.3) is 0 Å². The summed E-state index contributed by atoms with van der Waals surface area (Å²) in [7, 11) is 0. The number of hydrogen-bond donors (Lipinski definition) is 1. The van der Waals surface area contributed by atoms with E-state index in [4.69, 9.17) is 10.5 Å². The third-order valence-electron chi connectivity index (χ3n) is 3.55. The highest BCUT2D eigenvalue weighted by Gasteiger charge is 2.19. The highest BCUT2D eigenvalue weighted by molar-refractivity contribution is 5.17. The van der Waals surface area contributed by atoms with Gasteiger partial charge < -0.3 is 10.5 Å². The minimum atomic E-state index is 0.535. The molecular weight excluding hydrogens is 212 g/mol. The second kappa shape index (κ2) is 6.01. The Labute approximate surface area is 103 Å². The van der Waals surface area contributed by atoms with Crippen molar-refractivity contribution in [1.29, 1.82) is 0 Å². The first-order chi connectivity index (χ1) is 8.28. The van der Waals surface area contributed by atoms with Gasteiger partial charge in [-0.15, -0.1) is 0 Å². The van der Waals surface area contributed by atoms with Crippen LogP contribution < -0.4 is 10.5 Å². The third kappa shape index (κ3) is 3.70. The number of ether oxygens (including phenoxy) is 1. The second-order valence-electron chi connectivity index (χ2n) is 5.16. The molecule has 0 aliphatic heterocycles. The average Bonchev–Trinajstić information content (AvgIpc) is 2.37. The summed E-state index contributed by atoms with van der Waals surface area (Å²) in [6.45, 7) is 3.67. The number of rotatable bonds is 4. The lowest BCUT2D eigenvalue weighted by molar-refractivity contribution is 0.177. The van der Waals surface area contributed by atoms with Gasteiger partial charge in [0.25, 0.3) is 0 Å². The van der Waals surface area contributed by atoms with Gasteiger partial charge in [0.2, 0.25) is 5.88 Å². The van der Waals surface area contributed by atoms with Crippen LogP contribution in [0.15, 0.2) is 18.3 Å². The van der Waals surface area contributed by atoms with Crippen LogP contribution in [0, 0.1) is 11.8 Å². The summed E-state index contributed by atoms with van der Waals surface area (Å²) in [5.41, 5.74) is 6.57. The number of aromatic nitrogens is 1. The number of nitrogens with zero attached hydrogens (tertiary/aromatic N) is 1. The van der Waals surface area contributed by atoms with Crippen LogP contribution in [-0.4, -0.2) is 11.6 Å². The predicted molar refractivity (Wildman–Crippen MR) is 68.7 cm³/mol. The van der Waals surface area contributed by atoms with Crippen molar-refractivity contribution in [2.24, 2.45) is 17.6 Å². The van der Waals surface area contributed by atoms with Crippen LogP contribution in [-0.2, 0) is 6.54 Å². The molecule has 1 aromatic heterocycles. The number of hydrogen-bond acceptors (Lipinski definition) is 3. The Balaban J connectivity index is 1.80. The van der Waals surface area contributed by atoms with Crippen molar-refractivity contribution in [3.63, 3.8) is 0 Å². The van der Waals surface area contributed by atoms with E-state index in [-0.39, 0.29) is 0 Å². The molecule has 0 aromatic carbocycles. The van der Waals surface area contributed by atoms with Crippen molar-refractivity contribution < 1.29 is 4.74 Å². The van der Waals surface area contributed by atoms with E-state index >= 15 is 0 Å². The summed E-state index contributed by atoms with van der Waals surface area (Å²) in [6.07, 6.45) is 7.10. The van der Waals surface area contributed by atoms with Gasteiger partial charge in [-0.05, 0) is 30.2 Å². The van der Waals surface area contributed by atoms with Gasteiger partial charge in [0.15, 0.2) is 0 Å². The van der Waals surface area contributed by atoms with E-state index in [0.29, 0.717) is 12.5 Å². The van der Waals surface area contributed by atoms with E-state index in [1.54, 1.807) is 6.20 Å². The highest BCUT2D eigenvalue weighted by atomic mass is 16.5. The molecule has 3 heteroatoms. The molecule has 0 spiro atoms. The molecule has 2 rings (SSSR count). The first-order valence-electron chi connectivity index (χ1n) is 6.55. The maximum Gasteiger partial charge on any atom is 0.213 e. The van der Waals surface area contributed by atoms with Gasteiger partial charge in [0.1, 0.15) is 0 Å². The molecule has 17 heavy (non-hydrogen) atoms. The van der Waals surface area contributed by atoms with E-state index in [9.17, 15) is 0 Å². The quantitative estimate of drug-likeness (QED) is 0.871. The molecule has 0 amide bonds. The van der Waals surface area contributed by atoms with Gasteiger partial charge in [-0.3, -0.25) is 0 Å². The molecule has 2 atom stereocenters. The maximum absolute atomic E-state index is 5.74. The van der Waals surface area contributed by atoms with E-state index in [1.807, 2.05) is 12.1 Å². The fourth-order valence-corrected chi connectivity index (χ4v) is 2.53. The summed E-state index contributed by atoms with van der Waals surface area (Å²) in [5, 5.41) is 0. The second-order valence-corrected chi connectivity index (χ2v) is 5.16. The Kier molecular flexibility index (Phi) is 4.37. The highest BCUT2D eigenvalue weighted by Crippen LogP contribution is 2.28. The zero-order valence-corrected chi connectivity index (χ0v) is 10.6. The van der Waals surface area contributed by atoms with Crippen molar-refractivity contribution in [1.82, 2.24) is 4.98 Å². The number of nitrogens with two attached hydrogens (primary N) is 1. The first kappa shape index (κ1) is 12.4. The lowest BCUT2D eigenvalue weighted by Crippen LogP contribution is -2.19. The van der Waals surface area contributed by atoms with Gasteiger partial charge in [-0.1, -0.05) is 25.8 Å². The van der Waals surface area contributed by atoms with Gasteiger partial charge in [0.05, 0.1) is 6.61 Å². The average molecular weight is 234 g/mol. The molecule has 0 bridgehead atoms. The molecule has 94 valence electrons. The maximum atomic E-state index is 5.74. The summed E-state index contributed by atoms with van der Waals surface area (Å²) in [5.74, 6) is 2.28. The van der Waals surface area contributed by atoms with Crippen LogP contribution in [0.4, 0.5) is 0 Å². The Morgan fingerprint density at radius 1 is 1.41 bits per heavy atom.